The Labute approximate surface area is 170 Å². The number of hydrogen-bond donors (Lipinski definition) is 1. The Morgan fingerprint density at radius 3 is 2.48 bits per heavy atom. The molecule has 154 valence electrons. The van der Waals surface area contributed by atoms with Crippen LogP contribution in [0.15, 0.2) is 42.5 Å². The van der Waals surface area contributed by atoms with Gasteiger partial charge in [-0.2, -0.15) is 0 Å². The van der Waals surface area contributed by atoms with E-state index in [1.54, 1.807) is 49.2 Å². The van der Waals surface area contributed by atoms with Crippen molar-refractivity contribution in [2.75, 3.05) is 7.05 Å². The highest BCUT2D eigenvalue weighted by Gasteiger charge is 2.31. The van der Waals surface area contributed by atoms with Gasteiger partial charge in [0.05, 0.1) is 0 Å². The average Bonchev–Trinajstić information content (AvgIpc) is 3.18. The molecule has 1 saturated carbocycles. The molecular weight excluding hydrogens is 371 g/mol. The zero-order chi connectivity index (χ0) is 21.0. The number of halogens is 1. The number of hydrogen-bond acceptors (Lipinski definition) is 3. The van der Waals surface area contributed by atoms with E-state index in [1.807, 2.05) is 13.0 Å². The third-order valence-corrected chi connectivity index (χ3v) is 5.49. The quantitative estimate of drug-likeness (QED) is 0.796. The van der Waals surface area contributed by atoms with E-state index in [0.29, 0.717) is 17.7 Å². The lowest BCUT2D eigenvalue weighted by Gasteiger charge is -2.24. The Morgan fingerprint density at radius 2 is 1.83 bits per heavy atom. The minimum Gasteiger partial charge on any atom is -0.410 e. The van der Waals surface area contributed by atoms with Gasteiger partial charge in [0.25, 0.3) is 0 Å². The van der Waals surface area contributed by atoms with E-state index in [0.717, 1.165) is 30.4 Å². The van der Waals surface area contributed by atoms with Crippen LogP contribution in [0.3, 0.4) is 0 Å². The van der Waals surface area contributed by atoms with Crippen LogP contribution in [0.1, 0.15) is 38.2 Å². The van der Waals surface area contributed by atoms with Crippen molar-refractivity contribution in [2.24, 2.45) is 0 Å². The number of carbonyl (C=O) groups is 2. The fourth-order valence-corrected chi connectivity index (χ4v) is 3.58. The highest BCUT2D eigenvalue weighted by Crippen LogP contribution is 2.26. The SMILES string of the molecule is CCC(=O)N[C@H]1CC[C@@H](N(C)C(=O)Oc2ccc(-c3ccc(C)c(F)c3)cc2)C1. The first-order valence-electron chi connectivity index (χ1n) is 9.98. The van der Waals surface area contributed by atoms with Crippen LogP contribution < -0.4 is 10.1 Å². The molecule has 1 fully saturated rings. The number of nitrogens with one attached hydrogen (secondary N) is 1. The molecule has 0 aliphatic heterocycles. The van der Waals surface area contributed by atoms with E-state index in [-0.39, 0.29) is 23.8 Å². The first kappa shape index (κ1) is 20.8. The molecule has 0 radical (unpaired) electrons. The number of amides is 2. The Morgan fingerprint density at radius 1 is 1.14 bits per heavy atom. The van der Waals surface area contributed by atoms with Gasteiger partial charge in [-0.15, -0.1) is 0 Å². The Hall–Kier alpha value is -2.89. The van der Waals surface area contributed by atoms with Crippen molar-refractivity contribution >= 4 is 12.0 Å². The van der Waals surface area contributed by atoms with Crippen LogP contribution in [0.5, 0.6) is 5.75 Å². The minimum absolute atomic E-state index is 0.0365. The molecule has 2 atom stereocenters. The maximum absolute atomic E-state index is 13.8. The first-order chi connectivity index (χ1) is 13.9. The topological polar surface area (TPSA) is 58.6 Å². The number of aryl methyl sites for hydroxylation is 1. The van der Waals surface area contributed by atoms with E-state index < -0.39 is 6.09 Å². The van der Waals surface area contributed by atoms with Gasteiger partial charge in [0.2, 0.25) is 5.91 Å². The van der Waals surface area contributed by atoms with Gasteiger partial charge in [-0.05, 0) is 61.1 Å². The van der Waals surface area contributed by atoms with Crippen molar-refractivity contribution in [3.05, 3.63) is 53.8 Å². The summed E-state index contributed by atoms with van der Waals surface area (Å²) in [6.45, 7) is 3.55. The van der Waals surface area contributed by atoms with Crippen molar-refractivity contribution in [1.29, 1.82) is 0 Å². The van der Waals surface area contributed by atoms with Crippen molar-refractivity contribution < 1.29 is 18.7 Å². The molecule has 3 rings (SSSR count). The lowest BCUT2D eigenvalue weighted by atomic mass is 10.0. The van der Waals surface area contributed by atoms with Crippen LogP contribution >= 0.6 is 0 Å². The molecule has 0 spiro atoms. The fraction of sp³-hybridized carbons (Fsp3) is 0.391. The van der Waals surface area contributed by atoms with Gasteiger partial charge in [-0.25, -0.2) is 9.18 Å². The maximum Gasteiger partial charge on any atom is 0.415 e. The van der Waals surface area contributed by atoms with E-state index in [2.05, 4.69) is 5.32 Å². The average molecular weight is 398 g/mol. The molecule has 0 unspecified atom stereocenters. The first-order valence-corrected chi connectivity index (χ1v) is 9.98. The molecule has 0 heterocycles. The predicted molar refractivity (Wildman–Crippen MR) is 110 cm³/mol. The van der Waals surface area contributed by atoms with Crippen LogP contribution in [-0.2, 0) is 4.79 Å². The highest BCUT2D eigenvalue weighted by atomic mass is 19.1. The molecule has 1 aliphatic rings. The molecule has 0 aromatic heterocycles. The summed E-state index contributed by atoms with van der Waals surface area (Å²) < 4.78 is 19.3. The van der Waals surface area contributed by atoms with Crippen LogP contribution in [0.25, 0.3) is 11.1 Å². The zero-order valence-electron chi connectivity index (χ0n) is 17.1. The summed E-state index contributed by atoms with van der Waals surface area (Å²) in [6.07, 6.45) is 2.46. The smallest absolute Gasteiger partial charge is 0.410 e. The molecule has 5 nitrogen and oxygen atoms in total. The Kier molecular flexibility index (Phi) is 6.52. The number of nitrogens with zero attached hydrogens (tertiary/aromatic N) is 1. The van der Waals surface area contributed by atoms with Gasteiger partial charge in [-0.3, -0.25) is 4.79 Å². The number of carbonyl (C=O) groups excluding carboxylic acids is 2. The maximum atomic E-state index is 13.8. The van der Waals surface area contributed by atoms with E-state index >= 15 is 0 Å². The van der Waals surface area contributed by atoms with Crippen LogP contribution in [0.4, 0.5) is 9.18 Å². The second kappa shape index (κ2) is 9.07. The van der Waals surface area contributed by atoms with Gasteiger partial charge in [0.15, 0.2) is 0 Å². The molecular formula is C23H27FN2O3. The highest BCUT2D eigenvalue weighted by molar-refractivity contribution is 5.76. The van der Waals surface area contributed by atoms with Crippen molar-refractivity contribution in [3.63, 3.8) is 0 Å². The van der Waals surface area contributed by atoms with E-state index in [4.69, 9.17) is 4.74 Å². The van der Waals surface area contributed by atoms with Gasteiger partial charge in [0, 0.05) is 25.6 Å². The number of benzene rings is 2. The standard InChI is InChI=1S/C23H27FN2O3/c1-4-22(27)25-18-9-10-19(14-18)26(3)23(28)29-20-11-7-16(8-12-20)17-6-5-15(2)21(24)13-17/h5-8,11-13,18-19H,4,9-10,14H2,1-3H3,(H,25,27)/t18-,19+/m0/s1. The molecule has 0 bridgehead atoms. The van der Waals surface area contributed by atoms with Gasteiger partial charge >= 0.3 is 6.09 Å². The van der Waals surface area contributed by atoms with E-state index in [1.165, 1.54) is 6.07 Å². The number of ether oxygens (including phenoxy) is 1. The number of rotatable bonds is 5. The molecule has 1 N–H and O–H groups in total. The molecule has 0 saturated heterocycles. The second-order valence-corrected chi connectivity index (χ2v) is 7.55. The van der Waals surface area contributed by atoms with Gasteiger partial charge < -0.3 is 15.0 Å². The monoisotopic (exact) mass is 398 g/mol. The second-order valence-electron chi connectivity index (χ2n) is 7.55. The van der Waals surface area contributed by atoms with Crippen molar-refractivity contribution in [1.82, 2.24) is 10.2 Å². The third-order valence-electron chi connectivity index (χ3n) is 5.49. The fourth-order valence-electron chi connectivity index (χ4n) is 3.58. The largest absolute Gasteiger partial charge is 0.415 e. The third kappa shape index (κ3) is 5.13. The molecule has 2 amide bonds. The summed E-state index contributed by atoms with van der Waals surface area (Å²) in [5.41, 5.74) is 2.22. The molecule has 1 aliphatic carbocycles. The lowest BCUT2D eigenvalue weighted by Crippen LogP contribution is -2.39. The minimum atomic E-state index is -0.424. The summed E-state index contributed by atoms with van der Waals surface area (Å²) in [5.74, 6) is 0.228. The summed E-state index contributed by atoms with van der Waals surface area (Å²) in [4.78, 5) is 25.6. The van der Waals surface area contributed by atoms with Crippen LogP contribution in [-0.4, -0.2) is 36.0 Å². The van der Waals surface area contributed by atoms with Gasteiger partial charge in [-0.1, -0.05) is 31.2 Å². The molecule has 29 heavy (non-hydrogen) atoms. The summed E-state index contributed by atoms with van der Waals surface area (Å²) in [7, 11) is 1.72. The van der Waals surface area contributed by atoms with E-state index in [9.17, 15) is 14.0 Å². The Balaban J connectivity index is 1.57. The predicted octanol–water partition coefficient (Wildman–Crippen LogP) is 4.68. The van der Waals surface area contributed by atoms with Crippen LogP contribution in [0.2, 0.25) is 0 Å². The lowest BCUT2D eigenvalue weighted by molar-refractivity contribution is -0.121. The zero-order valence-corrected chi connectivity index (χ0v) is 17.1. The summed E-state index contributed by atoms with van der Waals surface area (Å²) in [6, 6.07) is 12.3. The van der Waals surface area contributed by atoms with Crippen LogP contribution in [0, 0.1) is 12.7 Å². The Bertz CT molecular complexity index is 882. The van der Waals surface area contributed by atoms with Crippen molar-refractivity contribution in [3.8, 4) is 16.9 Å². The van der Waals surface area contributed by atoms with Gasteiger partial charge in [0.1, 0.15) is 11.6 Å². The summed E-state index contributed by atoms with van der Waals surface area (Å²) in [5, 5.41) is 2.99. The summed E-state index contributed by atoms with van der Waals surface area (Å²) >= 11 is 0. The molecule has 2 aromatic rings. The normalized spacial score (nSPS) is 18.3. The molecule has 2 aromatic carbocycles. The molecule has 6 heteroatoms. The van der Waals surface area contributed by atoms with Crippen molar-refractivity contribution in [2.45, 2.75) is 51.6 Å².